The minimum Gasteiger partial charge on any atom is -0.454 e. The molecule has 0 radical (unpaired) electrons. The predicted molar refractivity (Wildman–Crippen MR) is 77.4 cm³/mol. The first-order valence-corrected chi connectivity index (χ1v) is 6.73. The van der Waals surface area contributed by atoms with Gasteiger partial charge in [0.15, 0.2) is 11.5 Å². The monoisotopic (exact) mass is 305 g/mol. The quantitative estimate of drug-likeness (QED) is 0.857. The Morgan fingerprint density at radius 2 is 2.00 bits per heavy atom. The molecule has 3 rings (SSSR count). The van der Waals surface area contributed by atoms with Crippen LogP contribution >= 0.6 is 12.6 Å². The van der Waals surface area contributed by atoms with E-state index in [-0.39, 0.29) is 18.9 Å². The number of halogens is 1. The standard InChI is InChI=1S/C15H12FNO3S/c16-12-3-2-10(21)6-11(12)15(18)17-7-9-1-4-13-14(5-9)20-8-19-13/h1-6,21H,7-8H2,(H,17,18). The lowest BCUT2D eigenvalue weighted by Crippen LogP contribution is -2.23. The van der Waals surface area contributed by atoms with Gasteiger partial charge in [-0.05, 0) is 35.9 Å². The Morgan fingerprint density at radius 1 is 1.19 bits per heavy atom. The summed E-state index contributed by atoms with van der Waals surface area (Å²) in [5.41, 5.74) is 0.818. The minimum absolute atomic E-state index is 0.0248. The van der Waals surface area contributed by atoms with Crippen LogP contribution in [-0.4, -0.2) is 12.7 Å². The molecule has 21 heavy (non-hydrogen) atoms. The van der Waals surface area contributed by atoms with Gasteiger partial charge in [-0.25, -0.2) is 4.39 Å². The highest BCUT2D eigenvalue weighted by molar-refractivity contribution is 7.80. The first-order chi connectivity index (χ1) is 10.1. The second kappa shape index (κ2) is 5.65. The van der Waals surface area contributed by atoms with Crippen LogP contribution in [0.25, 0.3) is 0 Å². The Bertz CT molecular complexity index is 705. The lowest BCUT2D eigenvalue weighted by molar-refractivity contribution is 0.0946. The number of thiol groups is 1. The highest BCUT2D eigenvalue weighted by Gasteiger charge is 2.15. The maximum absolute atomic E-state index is 13.6. The summed E-state index contributed by atoms with van der Waals surface area (Å²) in [6, 6.07) is 9.49. The molecular formula is C15H12FNO3S. The molecule has 4 nitrogen and oxygen atoms in total. The maximum atomic E-state index is 13.6. The topological polar surface area (TPSA) is 47.6 Å². The van der Waals surface area contributed by atoms with E-state index in [2.05, 4.69) is 17.9 Å². The fraction of sp³-hybridized carbons (Fsp3) is 0.133. The SMILES string of the molecule is O=C(NCc1ccc2c(c1)OCO2)c1cc(S)ccc1F. The number of nitrogens with one attached hydrogen (secondary N) is 1. The van der Waals surface area contributed by atoms with E-state index in [9.17, 15) is 9.18 Å². The van der Waals surface area contributed by atoms with Gasteiger partial charge in [-0.2, -0.15) is 0 Å². The average molecular weight is 305 g/mol. The Labute approximate surface area is 126 Å². The van der Waals surface area contributed by atoms with Gasteiger partial charge in [-0.3, -0.25) is 4.79 Å². The molecule has 0 aromatic heterocycles. The highest BCUT2D eigenvalue weighted by atomic mass is 32.1. The van der Waals surface area contributed by atoms with Crippen molar-refractivity contribution < 1.29 is 18.7 Å². The highest BCUT2D eigenvalue weighted by Crippen LogP contribution is 2.32. The van der Waals surface area contributed by atoms with E-state index in [1.807, 2.05) is 6.07 Å². The van der Waals surface area contributed by atoms with Crippen LogP contribution in [0.1, 0.15) is 15.9 Å². The molecule has 2 aromatic carbocycles. The summed E-state index contributed by atoms with van der Waals surface area (Å²) in [5, 5.41) is 2.67. The molecular weight excluding hydrogens is 293 g/mol. The van der Waals surface area contributed by atoms with Crippen LogP contribution in [0.4, 0.5) is 4.39 Å². The lowest BCUT2D eigenvalue weighted by atomic mass is 10.1. The van der Waals surface area contributed by atoms with Crippen molar-refractivity contribution in [1.82, 2.24) is 5.32 Å². The zero-order chi connectivity index (χ0) is 14.8. The van der Waals surface area contributed by atoms with E-state index in [0.29, 0.717) is 16.4 Å². The summed E-state index contributed by atoms with van der Waals surface area (Å²) in [7, 11) is 0. The van der Waals surface area contributed by atoms with Gasteiger partial charge < -0.3 is 14.8 Å². The van der Waals surface area contributed by atoms with E-state index >= 15 is 0 Å². The Kier molecular flexibility index (Phi) is 3.70. The van der Waals surface area contributed by atoms with Gasteiger partial charge in [0, 0.05) is 11.4 Å². The minimum atomic E-state index is -0.573. The second-order valence-corrected chi connectivity index (χ2v) is 5.05. The number of fused-ring (bicyclic) bond motifs is 1. The van der Waals surface area contributed by atoms with Crippen molar-refractivity contribution in [2.45, 2.75) is 11.4 Å². The summed E-state index contributed by atoms with van der Waals surface area (Å²) in [6.07, 6.45) is 0. The third kappa shape index (κ3) is 2.95. The normalized spacial score (nSPS) is 12.3. The van der Waals surface area contributed by atoms with Gasteiger partial charge in [-0.15, -0.1) is 12.6 Å². The smallest absolute Gasteiger partial charge is 0.254 e. The Balaban J connectivity index is 1.70. The zero-order valence-corrected chi connectivity index (χ0v) is 11.8. The molecule has 1 amide bonds. The summed E-state index contributed by atoms with van der Waals surface area (Å²) in [6.45, 7) is 0.469. The van der Waals surface area contributed by atoms with Gasteiger partial charge >= 0.3 is 0 Å². The van der Waals surface area contributed by atoms with E-state index in [1.54, 1.807) is 12.1 Å². The number of benzene rings is 2. The number of carbonyl (C=O) groups excluding carboxylic acids is 1. The first-order valence-electron chi connectivity index (χ1n) is 6.29. The molecule has 0 saturated carbocycles. The largest absolute Gasteiger partial charge is 0.454 e. The number of hydrogen-bond acceptors (Lipinski definition) is 4. The fourth-order valence-corrected chi connectivity index (χ4v) is 2.22. The number of rotatable bonds is 3. The van der Waals surface area contributed by atoms with Crippen molar-refractivity contribution in [2.75, 3.05) is 6.79 Å². The molecule has 0 atom stereocenters. The molecule has 1 aliphatic heterocycles. The van der Waals surface area contributed by atoms with Gasteiger partial charge in [0.1, 0.15) is 5.82 Å². The molecule has 0 bridgehead atoms. The molecule has 0 spiro atoms. The van der Waals surface area contributed by atoms with Gasteiger partial charge in [-0.1, -0.05) is 6.07 Å². The van der Waals surface area contributed by atoms with Crippen molar-refractivity contribution in [3.63, 3.8) is 0 Å². The molecule has 1 N–H and O–H groups in total. The van der Waals surface area contributed by atoms with E-state index in [4.69, 9.17) is 9.47 Å². The molecule has 108 valence electrons. The summed E-state index contributed by atoms with van der Waals surface area (Å²) in [4.78, 5) is 12.5. The van der Waals surface area contributed by atoms with E-state index in [0.717, 1.165) is 5.56 Å². The number of carbonyl (C=O) groups is 1. The van der Waals surface area contributed by atoms with Crippen LogP contribution in [0.5, 0.6) is 11.5 Å². The predicted octanol–water partition coefficient (Wildman–Crippen LogP) is 2.77. The molecule has 0 fully saturated rings. The second-order valence-electron chi connectivity index (χ2n) is 4.53. The molecule has 0 aliphatic carbocycles. The van der Waals surface area contributed by atoms with Crippen molar-refractivity contribution in [1.29, 1.82) is 0 Å². The maximum Gasteiger partial charge on any atom is 0.254 e. The van der Waals surface area contributed by atoms with Crippen molar-refractivity contribution >= 4 is 18.5 Å². The van der Waals surface area contributed by atoms with Crippen LogP contribution in [0.2, 0.25) is 0 Å². The van der Waals surface area contributed by atoms with E-state index in [1.165, 1.54) is 18.2 Å². The molecule has 6 heteroatoms. The van der Waals surface area contributed by atoms with Gasteiger partial charge in [0.2, 0.25) is 6.79 Å². The van der Waals surface area contributed by atoms with Gasteiger partial charge in [0.25, 0.3) is 5.91 Å². The van der Waals surface area contributed by atoms with Crippen LogP contribution in [0, 0.1) is 5.82 Å². The molecule has 2 aromatic rings. The van der Waals surface area contributed by atoms with Crippen molar-refractivity contribution in [3.05, 3.63) is 53.3 Å². The van der Waals surface area contributed by atoms with Crippen molar-refractivity contribution in [2.24, 2.45) is 0 Å². The van der Waals surface area contributed by atoms with Gasteiger partial charge in [0.05, 0.1) is 5.56 Å². The van der Waals surface area contributed by atoms with Crippen LogP contribution in [0.15, 0.2) is 41.3 Å². The van der Waals surface area contributed by atoms with Crippen LogP contribution < -0.4 is 14.8 Å². The molecule has 0 unspecified atom stereocenters. The number of amides is 1. The fourth-order valence-electron chi connectivity index (χ4n) is 2.02. The zero-order valence-electron chi connectivity index (χ0n) is 10.9. The summed E-state index contributed by atoms with van der Waals surface area (Å²) in [5.74, 6) is 0.265. The summed E-state index contributed by atoms with van der Waals surface area (Å²) >= 11 is 4.10. The van der Waals surface area contributed by atoms with Crippen LogP contribution in [0.3, 0.4) is 0 Å². The number of ether oxygens (including phenoxy) is 2. The number of hydrogen-bond donors (Lipinski definition) is 2. The van der Waals surface area contributed by atoms with E-state index < -0.39 is 11.7 Å². The molecule has 1 aliphatic rings. The first kappa shape index (κ1) is 13.8. The average Bonchev–Trinajstić information content (AvgIpc) is 2.94. The Morgan fingerprint density at radius 3 is 2.86 bits per heavy atom. The third-order valence-corrected chi connectivity index (χ3v) is 3.36. The summed E-state index contributed by atoms with van der Waals surface area (Å²) < 4.78 is 24.1. The molecule has 0 saturated heterocycles. The third-order valence-electron chi connectivity index (χ3n) is 3.08. The lowest BCUT2D eigenvalue weighted by Gasteiger charge is -2.07. The molecule has 1 heterocycles. The van der Waals surface area contributed by atoms with Crippen LogP contribution in [-0.2, 0) is 6.54 Å². The van der Waals surface area contributed by atoms with Crippen molar-refractivity contribution in [3.8, 4) is 11.5 Å². The Hall–Kier alpha value is -2.21.